The van der Waals surface area contributed by atoms with Gasteiger partial charge in [-0.25, -0.2) is 0 Å². The van der Waals surface area contributed by atoms with Gasteiger partial charge >= 0.3 is 0 Å². The van der Waals surface area contributed by atoms with E-state index < -0.39 is 0 Å². The van der Waals surface area contributed by atoms with E-state index in [0.29, 0.717) is 17.4 Å². The molecular weight excluding hydrogens is 240 g/mol. The molecule has 1 aromatic carbocycles. The van der Waals surface area contributed by atoms with Gasteiger partial charge < -0.3 is 5.32 Å². The van der Waals surface area contributed by atoms with Gasteiger partial charge in [0.2, 0.25) is 0 Å². The second-order valence-corrected chi connectivity index (χ2v) is 5.68. The van der Waals surface area contributed by atoms with Crippen molar-refractivity contribution in [3.63, 3.8) is 0 Å². The van der Waals surface area contributed by atoms with Crippen LogP contribution >= 0.6 is 0 Å². The van der Waals surface area contributed by atoms with Crippen LogP contribution in [0.2, 0.25) is 0 Å². The summed E-state index contributed by atoms with van der Waals surface area (Å²) in [7, 11) is 0. The highest BCUT2D eigenvalue weighted by Gasteiger charge is 2.35. The molecule has 0 spiro atoms. The lowest BCUT2D eigenvalue weighted by atomic mass is 9.93. The average molecular weight is 258 g/mol. The maximum absolute atomic E-state index is 10.9. The van der Waals surface area contributed by atoms with Crippen molar-refractivity contribution in [2.75, 3.05) is 11.9 Å². The number of allylic oxidation sites excluding steroid dienone is 2. The van der Waals surface area contributed by atoms with E-state index in [0.717, 1.165) is 18.2 Å². The molecule has 0 saturated heterocycles. The van der Waals surface area contributed by atoms with Crippen LogP contribution in [-0.2, 0) is 0 Å². The van der Waals surface area contributed by atoms with Crippen LogP contribution < -0.4 is 5.32 Å². The van der Waals surface area contributed by atoms with Crippen LogP contribution in [0.15, 0.2) is 30.4 Å². The minimum atomic E-state index is -0.319. The maximum atomic E-state index is 10.9. The SMILES string of the molecule is Cc1ccc(NCC2CC3C=CC2C3)cc1[N+](=O)[O-]. The Morgan fingerprint density at radius 1 is 1.37 bits per heavy atom. The summed E-state index contributed by atoms with van der Waals surface area (Å²) < 4.78 is 0. The molecule has 0 heterocycles. The summed E-state index contributed by atoms with van der Waals surface area (Å²) in [5.74, 6) is 2.15. The molecule has 4 nitrogen and oxygen atoms in total. The smallest absolute Gasteiger partial charge is 0.274 e. The predicted octanol–water partition coefficient (Wildman–Crippen LogP) is 3.53. The van der Waals surface area contributed by atoms with E-state index in [4.69, 9.17) is 0 Å². The highest BCUT2D eigenvalue weighted by atomic mass is 16.6. The molecule has 0 aromatic heterocycles. The number of hydrogen-bond donors (Lipinski definition) is 1. The molecule has 3 atom stereocenters. The van der Waals surface area contributed by atoms with Gasteiger partial charge in [0.05, 0.1) is 4.92 Å². The number of aryl methyl sites for hydroxylation is 1. The second-order valence-electron chi connectivity index (χ2n) is 5.68. The van der Waals surface area contributed by atoms with Gasteiger partial charge in [0.25, 0.3) is 5.69 Å². The molecule has 19 heavy (non-hydrogen) atoms. The van der Waals surface area contributed by atoms with Crippen LogP contribution in [0, 0.1) is 34.8 Å². The normalized spacial score (nSPS) is 27.7. The van der Waals surface area contributed by atoms with E-state index in [1.165, 1.54) is 12.8 Å². The Kier molecular flexibility index (Phi) is 3.01. The number of rotatable bonds is 4. The van der Waals surface area contributed by atoms with Crippen LogP contribution in [0.1, 0.15) is 18.4 Å². The third kappa shape index (κ3) is 2.35. The van der Waals surface area contributed by atoms with Crippen LogP contribution in [0.25, 0.3) is 0 Å². The molecule has 2 aliphatic carbocycles. The number of hydrogen-bond acceptors (Lipinski definition) is 3. The third-order valence-electron chi connectivity index (χ3n) is 4.39. The summed E-state index contributed by atoms with van der Waals surface area (Å²) in [6, 6.07) is 5.37. The minimum absolute atomic E-state index is 0.192. The summed E-state index contributed by atoms with van der Waals surface area (Å²) in [6.07, 6.45) is 7.21. The van der Waals surface area contributed by atoms with Crippen molar-refractivity contribution in [3.8, 4) is 0 Å². The van der Waals surface area contributed by atoms with Crippen LogP contribution in [0.5, 0.6) is 0 Å². The fourth-order valence-electron chi connectivity index (χ4n) is 3.29. The molecule has 3 unspecified atom stereocenters. The second kappa shape index (κ2) is 4.68. The quantitative estimate of drug-likeness (QED) is 0.510. The number of anilines is 1. The van der Waals surface area contributed by atoms with Gasteiger partial charge in [0.15, 0.2) is 0 Å². The maximum Gasteiger partial charge on any atom is 0.274 e. The van der Waals surface area contributed by atoms with Crippen molar-refractivity contribution in [1.29, 1.82) is 0 Å². The van der Waals surface area contributed by atoms with Crippen molar-refractivity contribution in [2.45, 2.75) is 19.8 Å². The lowest BCUT2D eigenvalue weighted by molar-refractivity contribution is -0.385. The van der Waals surface area contributed by atoms with Crippen molar-refractivity contribution in [2.24, 2.45) is 17.8 Å². The summed E-state index contributed by atoms with van der Waals surface area (Å²) in [5.41, 5.74) is 1.75. The fraction of sp³-hybridized carbons (Fsp3) is 0.467. The third-order valence-corrected chi connectivity index (χ3v) is 4.39. The number of benzene rings is 1. The van der Waals surface area contributed by atoms with Gasteiger partial charge in [-0.1, -0.05) is 18.2 Å². The molecule has 1 N–H and O–H groups in total. The van der Waals surface area contributed by atoms with Crippen LogP contribution in [-0.4, -0.2) is 11.5 Å². The fourth-order valence-corrected chi connectivity index (χ4v) is 3.29. The summed E-state index contributed by atoms with van der Waals surface area (Å²) in [6.45, 7) is 2.67. The summed E-state index contributed by atoms with van der Waals surface area (Å²) in [4.78, 5) is 10.6. The highest BCUT2D eigenvalue weighted by Crippen LogP contribution is 2.43. The molecule has 1 aromatic rings. The first-order chi connectivity index (χ1) is 9.13. The molecule has 4 heteroatoms. The van der Waals surface area contributed by atoms with Gasteiger partial charge in [-0.15, -0.1) is 0 Å². The Bertz CT molecular complexity index is 539. The van der Waals surface area contributed by atoms with E-state index in [-0.39, 0.29) is 10.6 Å². The first kappa shape index (κ1) is 12.2. The molecular formula is C15H18N2O2. The first-order valence-corrected chi connectivity index (χ1v) is 6.80. The monoisotopic (exact) mass is 258 g/mol. The van der Waals surface area contributed by atoms with E-state index in [2.05, 4.69) is 17.5 Å². The van der Waals surface area contributed by atoms with E-state index in [1.807, 2.05) is 6.07 Å². The Morgan fingerprint density at radius 2 is 2.21 bits per heavy atom. The van der Waals surface area contributed by atoms with Crippen molar-refractivity contribution in [3.05, 3.63) is 46.0 Å². The van der Waals surface area contributed by atoms with E-state index >= 15 is 0 Å². The number of nitro benzene ring substituents is 1. The van der Waals surface area contributed by atoms with Crippen molar-refractivity contribution < 1.29 is 4.92 Å². The zero-order valence-corrected chi connectivity index (χ0v) is 11.0. The van der Waals surface area contributed by atoms with Crippen LogP contribution in [0.4, 0.5) is 11.4 Å². The molecule has 0 amide bonds. The first-order valence-electron chi connectivity index (χ1n) is 6.80. The highest BCUT2D eigenvalue weighted by molar-refractivity contribution is 5.54. The van der Waals surface area contributed by atoms with E-state index in [9.17, 15) is 10.1 Å². The topological polar surface area (TPSA) is 55.2 Å². The molecule has 1 saturated carbocycles. The molecule has 3 rings (SSSR count). The Hall–Kier alpha value is -1.84. The molecule has 100 valence electrons. The number of nitro groups is 1. The standard InChI is InChI=1S/C15H18N2O2/c1-10-2-5-14(8-15(10)17(18)19)16-9-13-7-11-3-4-12(13)6-11/h2-5,8,11-13,16H,6-7,9H2,1H3. The van der Waals surface area contributed by atoms with Gasteiger partial charge in [0.1, 0.15) is 0 Å². The zero-order chi connectivity index (χ0) is 13.4. The van der Waals surface area contributed by atoms with E-state index in [1.54, 1.807) is 19.1 Å². The molecule has 0 radical (unpaired) electrons. The van der Waals surface area contributed by atoms with Crippen molar-refractivity contribution in [1.82, 2.24) is 0 Å². The number of fused-ring (bicyclic) bond motifs is 2. The lowest BCUT2D eigenvalue weighted by Crippen LogP contribution is -2.18. The Balaban J connectivity index is 1.66. The Labute approximate surface area is 112 Å². The lowest BCUT2D eigenvalue weighted by Gasteiger charge is -2.19. The van der Waals surface area contributed by atoms with Gasteiger partial charge in [-0.2, -0.15) is 0 Å². The molecule has 1 fully saturated rings. The predicted molar refractivity (Wildman–Crippen MR) is 75.2 cm³/mol. The zero-order valence-electron chi connectivity index (χ0n) is 11.0. The number of nitrogens with one attached hydrogen (secondary N) is 1. The van der Waals surface area contributed by atoms with Gasteiger partial charge in [-0.05, 0) is 43.6 Å². The Morgan fingerprint density at radius 3 is 2.84 bits per heavy atom. The van der Waals surface area contributed by atoms with Gasteiger partial charge in [0, 0.05) is 23.9 Å². The van der Waals surface area contributed by atoms with Crippen molar-refractivity contribution >= 4 is 11.4 Å². The largest absolute Gasteiger partial charge is 0.385 e. The molecule has 2 aliphatic rings. The van der Waals surface area contributed by atoms with Gasteiger partial charge in [-0.3, -0.25) is 10.1 Å². The van der Waals surface area contributed by atoms with Crippen LogP contribution in [0.3, 0.4) is 0 Å². The summed E-state index contributed by atoms with van der Waals surface area (Å²) >= 11 is 0. The minimum Gasteiger partial charge on any atom is -0.385 e. The summed E-state index contributed by atoms with van der Waals surface area (Å²) in [5, 5.41) is 14.3. The molecule has 2 bridgehead atoms. The number of nitrogens with zero attached hydrogens (tertiary/aromatic N) is 1. The average Bonchev–Trinajstić information content (AvgIpc) is 2.99. The molecule has 0 aliphatic heterocycles.